The monoisotopic (exact) mass is 254 g/mol. The summed E-state index contributed by atoms with van der Waals surface area (Å²) in [5, 5.41) is 17.6. The number of aliphatic hydroxyl groups excluding tert-OH is 2. The molecule has 5 nitrogen and oxygen atoms in total. The van der Waals surface area contributed by atoms with Gasteiger partial charge in [0.2, 0.25) is 0 Å². The molecule has 6 heteroatoms. The third kappa shape index (κ3) is 9.31. The highest BCUT2D eigenvalue weighted by Crippen LogP contribution is 2.41. The molecule has 0 bridgehead atoms. The SMILES string of the molecule is O=P(O)(O)C(O)CCCCCCCCCO. The highest BCUT2D eigenvalue weighted by Gasteiger charge is 2.24. The van der Waals surface area contributed by atoms with Crippen molar-refractivity contribution in [1.29, 1.82) is 0 Å². The summed E-state index contributed by atoms with van der Waals surface area (Å²) in [5.41, 5.74) is 0. The van der Waals surface area contributed by atoms with Crippen molar-refractivity contribution in [1.82, 2.24) is 0 Å². The Hall–Kier alpha value is 0.0700. The Labute approximate surface area is 96.7 Å². The molecule has 0 amide bonds. The zero-order valence-corrected chi connectivity index (χ0v) is 10.5. The van der Waals surface area contributed by atoms with Crippen molar-refractivity contribution in [2.45, 2.75) is 57.2 Å². The first-order valence-electron chi connectivity index (χ1n) is 5.82. The molecule has 0 rings (SSSR count). The third-order valence-corrected chi connectivity index (χ3v) is 3.54. The second-order valence-electron chi connectivity index (χ2n) is 4.06. The van der Waals surface area contributed by atoms with Gasteiger partial charge in [0.25, 0.3) is 0 Å². The lowest BCUT2D eigenvalue weighted by Gasteiger charge is -2.11. The van der Waals surface area contributed by atoms with Crippen LogP contribution in [0.5, 0.6) is 0 Å². The minimum atomic E-state index is -4.30. The van der Waals surface area contributed by atoms with Gasteiger partial charge in [0.1, 0.15) is 0 Å². The molecule has 0 aromatic heterocycles. The van der Waals surface area contributed by atoms with E-state index < -0.39 is 13.4 Å². The lowest BCUT2D eigenvalue weighted by molar-refractivity contribution is 0.190. The molecule has 1 unspecified atom stereocenters. The van der Waals surface area contributed by atoms with Crippen molar-refractivity contribution in [3.63, 3.8) is 0 Å². The maximum atomic E-state index is 10.6. The van der Waals surface area contributed by atoms with Crippen molar-refractivity contribution in [2.75, 3.05) is 6.61 Å². The van der Waals surface area contributed by atoms with E-state index in [1.807, 2.05) is 0 Å². The van der Waals surface area contributed by atoms with Crippen LogP contribution in [0.2, 0.25) is 0 Å². The molecule has 0 heterocycles. The van der Waals surface area contributed by atoms with E-state index in [1.54, 1.807) is 0 Å². The summed E-state index contributed by atoms with van der Waals surface area (Å²) in [4.78, 5) is 17.2. The Balaban J connectivity index is 3.24. The molecule has 0 aliphatic carbocycles. The number of hydrogen-bond donors (Lipinski definition) is 4. The van der Waals surface area contributed by atoms with Gasteiger partial charge in [-0.3, -0.25) is 4.57 Å². The highest BCUT2D eigenvalue weighted by atomic mass is 31.2. The Morgan fingerprint density at radius 3 is 1.75 bits per heavy atom. The normalized spacial score (nSPS) is 14.0. The maximum Gasteiger partial charge on any atom is 0.353 e. The smallest absolute Gasteiger partial charge is 0.353 e. The highest BCUT2D eigenvalue weighted by molar-refractivity contribution is 7.52. The van der Waals surface area contributed by atoms with E-state index in [2.05, 4.69) is 0 Å². The van der Waals surface area contributed by atoms with Gasteiger partial charge >= 0.3 is 7.60 Å². The molecular formula is C10H23O5P. The molecule has 4 N–H and O–H groups in total. The molecule has 0 aromatic rings. The Kier molecular flexibility index (Phi) is 9.18. The van der Waals surface area contributed by atoms with E-state index >= 15 is 0 Å². The number of aliphatic hydroxyl groups is 2. The van der Waals surface area contributed by atoms with Gasteiger partial charge in [0.15, 0.2) is 5.85 Å². The van der Waals surface area contributed by atoms with Crippen LogP contribution in [-0.4, -0.2) is 32.5 Å². The standard InChI is InChI=1S/C10H23O5P/c11-9-7-5-3-1-2-4-6-8-10(12)16(13,14)15/h10-12H,1-9H2,(H2,13,14,15). The van der Waals surface area contributed by atoms with Crippen molar-refractivity contribution in [2.24, 2.45) is 0 Å². The van der Waals surface area contributed by atoms with Gasteiger partial charge in [-0.25, -0.2) is 0 Å². The minimum absolute atomic E-state index is 0.168. The van der Waals surface area contributed by atoms with Crippen LogP contribution in [0.15, 0.2) is 0 Å². The molecule has 0 fully saturated rings. The number of rotatable bonds is 10. The second-order valence-corrected chi connectivity index (χ2v) is 5.83. The fourth-order valence-electron chi connectivity index (χ4n) is 1.49. The quantitative estimate of drug-likeness (QED) is 0.350. The predicted octanol–water partition coefficient (Wildman–Crippen LogP) is 1.60. The van der Waals surface area contributed by atoms with Crippen molar-refractivity contribution in [3.8, 4) is 0 Å². The largest absolute Gasteiger partial charge is 0.396 e. The van der Waals surface area contributed by atoms with Gasteiger partial charge in [-0.1, -0.05) is 38.5 Å². The molecule has 16 heavy (non-hydrogen) atoms. The van der Waals surface area contributed by atoms with Crippen molar-refractivity contribution in [3.05, 3.63) is 0 Å². The van der Waals surface area contributed by atoms with Gasteiger partial charge in [-0.2, -0.15) is 0 Å². The average Bonchev–Trinajstić information content (AvgIpc) is 2.20. The van der Waals surface area contributed by atoms with E-state index in [0.717, 1.165) is 38.5 Å². The summed E-state index contributed by atoms with van der Waals surface area (Å²) in [6, 6.07) is 0. The predicted molar refractivity (Wildman–Crippen MR) is 62.1 cm³/mol. The molecule has 0 saturated heterocycles. The van der Waals surface area contributed by atoms with Crippen LogP contribution in [0.3, 0.4) is 0 Å². The lowest BCUT2D eigenvalue weighted by Crippen LogP contribution is -2.06. The van der Waals surface area contributed by atoms with Crippen LogP contribution < -0.4 is 0 Å². The molecule has 1 atom stereocenters. The first-order valence-corrected chi connectivity index (χ1v) is 7.50. The lowest BCUT2D eigenvalue weighted by atomic mass is 10.1. The van der Waals surface area contributed by atoms with Gasteiger partial charge in [-0.15, -0.1) is 0 Å². The van der Waals surface area contributed by atoms with E-state index in [4.69, 9.17) is 20.0 Å². The zero-order chi connectivity index (χ0) is 12.4. The topological polar surface area (TPSA) is 98.0 Å². The number of hydrogen-bond acceptors (Lipinski definition) is 3. The van der Waals surface area contributed by atoms with E-state index in [1.165, 1.54) is 0 Å². The molecular weight excluding hydrogens is 231 g/mol. The summed E-state index contributed by atoms with van der Waals surface area (Å²) >= 11 is 0. The summed E-state index contributed by atoms with van der Waals surface area (Å²) in [6.45, 7) is 0.245. The fraction of sp³-hybridized carbons (Fsp3) is 1.00. The van der Waals surface area contributed by atoms with Crippen LogP contribution >= 0.6 is 7.60 Å². The molecule has 98 valence electrons. The van der Waals surface area contributed by atoms with Crippen LogP contribution in [0, 0.1) is 0 Å². The van der Waals surface area contributed by atoms with Gasteiger partial charge in [0, 0.05) is 6.61 Å². The van der Waals surface area contributed by atoms with Crippen LogP contribution in [-0.2, 0) is 4.57 Å². The molecule has 0 aliphatic rings. The van der Waals surface area contributed by atoms with Crippen molar-refractivity contribution < 1.29 is 24.6 Å². The molecule has 0 saturated carbocycles. The maximum absolute atomic E-state index is 10.6. The third-order valence-electron chi connectivity index (χ3n) is 2.51. The Bertz CT molecular complexity index is 203. The number of unbranched alkanes of at least 4 members (excludes halogenated alkanes) is 6. The average molecular weight is 254 g/mol. The van der Waals surface area contributed by atoms with Gasteiger partial charge < -0.3 is 20.0 Å². The van der Waals surface area contributed by atoms with E-state index in [-0.39, 0.29) is 13.0 Å². The van der Waals surface area contributed by atoms with Crippen LogP contribution in [0.4, 0.5) is 0 Å². The van der Waals surface area contributed by atoms with Crippen LogP contribution in [0.1, 0.15) is 51.4 Å². The Morgan fingerprint density at radius 2 is 1.31 bits per heavy atom. The Morgan fingerprint density at radius 1 is 0.875 bits per heavy atom. The van der Waals surface area contributed by atoms with Gasteiger partial charge in [0.05, 0.1) is 0 Å². The summed E-state index contributed by atoms with van der Waals surface area (Å²) in [5.74, 6) is -1.50. The van der Waals surface area contributed by atoms with E-state index in [9.17, 15) is 4.57 Å². The minimum Gasteiger partial charge on any atom is -0.396 e. The van der Waals surface area contributed by atoms with E-state index in [0.29, 0.717) is 6.42 Å². The first-order chi connectivity index (χ1) is 7.48. The van der Waals surface area contributed by atoms with Gasteiger partial charge in [-0.05, 0) is 12.8 Å². The summed E-state index contributed by atoms with van der Waals surface area (Å²) < 4.78 is 10.6. The first kappa shape index (κ1) is 16.1. The second kappa shape index (κ2) is 9.14. The summed E-state index contributed by atoms with van der Waals surface area (Å²) in [7, 11) is -4.30. The molecule has 0 spiro atoms. The fourth-order valence-corrected chi connectivity index (χ4v) is 2.01. The molecule has 0 aromatic carbocycles. The summed E-state index contributed by atoms with van der Waals surface area (Å²) in [6.07, 6.45) is 6.74. The molecule has 0 aliphatic heterocycles. The van der Waals surface area contributed by atoms with Crippen LogP contribution in [0.25, 0.3) is 0 Å². The molecule has 0 radical (unpaired) electrons. The zero-order valence-electron chi connectivity index (χ0n) is 9.59. The van der Waals surface area contributed by atoms with Crippen molar-refractivity contribution >= 4 is 7.60 Å².